The fraction of sp³-hybridized carbons (Fsp3) is 0.857. The first-order chi connectivity index (χ1) is 7.74. The Morgan fingerprint density at radius 2 is 1.88 bits per heavy atom. The second-order valence-corrected chi connectivity index (χ2v) is 5.50. The van der Waals surface area contributed by atoms with Crippen LogP contribution in [0.3, 0.4) is 0 Å². The average Bonchev–Trinajstić information content (AvgIpc) is 2.52. The van der Waals surface area contributed by atoms with Crippen molar-refractivity contribution in [2.75, 3.05) is 19.6 Å². The third-order valence-corrected chi connectivity index (χ3v) is 4.37. The summed E-state index contributed by atoms with van der Waals surface area (Å²) < 4.78 is 0. The van der Waals surface area contributed by atoms with Gasteiger partial charge in [-0.3, -0.25) is 0 Å². The van der Waals surface area contributed by atoms with Crippen molar-refractivity contribution in [1.29, 1.82) is 0 Å². The number of hydrogen-bond acceptors (Lipinski definition) is 2. The monoisotopic (exact) mass is 223 g/mol. The Hall–Kier alpha value is -0.340. The van der Waals surface area contributed by atoms with E-state index in [1.165, 1.54) is 45.2 Å². The van der Waals surface area contributed by atoms with Crippen molar-refractivity contribution in [3.63, 3.8) is 0 Å². The number of aliphatic hydroxyl groups is 1. The molecule has 0 aromatic carbocycles. The first-order valence-corrected chi connectivity index (χ1v) is 6.83. The van der Waals surface area contributed by atoms with Crippen LogP contribution in [0.2, 0.25) is 0 Å². The van der Waals surface area contributed by atoms with Crippen molar-refractivity contribution in [2.24, 2.45) is 5.92 Å². The highest BCUT2D eigenvalue weighted by molar-refractivity contribution is 5.05. The lowest BCUT2D eigenvalue weighted by atomic mass is 9.90. The Bertz CT molecular complexity index is 233. The van der Waals surface area contributed by atoms with E-state index in [-0.39, 0.29) is 0 Å². The van der Waals surface area contributed by atoms with Gasteiger partial charge in [0.25, 0.3) is 0 Å². The Kier molecular flexibility index (Phi) is 4.04. The Balaban J connectivity index is 1.90. The summed E-state index contributed by atoms with van der Waals surface area (Å²) in [6.45, 7) is 7.33. The van der Waals surface area contributed by atoms with Crippen molar-refractivity contribution >= 4 is 0 Å². The molecule has 2 rings (SSSR count). The van der Waals surface area contributed by atoms with Gasteiger partial charge in [-0.1, -0.05) is 18.9 Å². The lowest BCUT2D eigenvalue weighted by Gasteiger charge is -2.31. The van der Waals surface area contributed by atoms with E-state index in [1.807, 2.05) is 0 Å². The van der Waals surface area contributed by atoms with Crippen molar-refractivity contribution in [3.8, 4) is 0 Å². The van der Waals surface area contributed by atoms with E-state index < -0.39 is 5.60 Å². The maximum atomic E-state index is 10.4. The summed E-state index contributed by atoms with van der Waals surface area (Å²) in [4.78, 5) is 2.55. The van der Waals surface area contributed by atoms with Gasteiger partial charge < -0.3 is 10.0 Å². The molecule has 1 saturated heterocycles. The third-order valence-electron chi connectivity index (χ3n) is 4.37. The Morgan fingerprint density at radius 1 is 1.19 bits per heavy atom. The van der Waals surface area contributed by atoms with Crippen molar-refractivity contribution in [2.45, 2.75) is 50.5 Å². The first kappa shape index (κ1) is 12.1. The number of likely N-dealkylation sites (tertiary alicyclic amines) is 1. The third kappa shape index (κ3) is 2.67. The van der Waals surface area contributed by atoms with Gasteiger partial charge in [0, 0.05) is 12.5 Å². The van der Waals surface area contributed by atoms with Crippen LogP contribution in [0.5, 0.6) is 0 Å². The molecule has 1 N–H and O–H groups in total. The van der Waals surface area contributed by atoms with Gasteiger partial charge in [0.1, 0.15) is 0 Å². The van der Waals surface area contributed by atoms with E-state index in [2.05, 4.69) is 11.5 Å². The predicted octanol–water partition coefficient (Wildman–Crippen LogP) is 2.58. The maximum absolute atomic E-state index is 10.4. The molecular weight excluding hydrogens is 198 g/mol. The van der Waals surface area contributed by atoms with Crippen LogP contribution in [0.15, 0.2) is 12.7 Å². The summed E-state index contributed by atoms with van der Waals surface area (Å²) in [6, 6.07) is 0. The van der Waals surface area contributed by atoms with Gasteiger partial charge in [-0.15, -0.1) is 6.58 Å². The molecule has 16 heavy (non-hydrogen) atoms. The summed E-state index contributed by atoms with van der Waals surface area (Å²) in [5.74, 6) is 0.420. The molecular formula is C14H25NO. The van der Waals surface area contributed by atoms with Gasteiger partial charge >= 0.3 is 0 Å². The average molecular weight is 223 g/mol. The molecule has 92 valence electrons. The quantitative estimate of drug-likeness (QED) is 0.743. The molecule has 2 aliphatic rings. The minimum atomic E-state index is -0.577. The van der Waals surface area contributed by atoms with Crippen LogP contribution in [-0.4, -0.2) is 35.2 Å². The second-order valence-electron chi connectivity index (χ2n) is 5.50. The molecule has 2 atom stereocenters. The molecule has 0 bridgehead atoms. The van der Waals surface area contributed by atoms with Crippen molar-refractivity contribution in [1.82, 2.24) is 4.90 Å². The fourth-order valence-electron chi connectivity index (χ4n) is 3.23. The van der Waals surface area contributed by atoms with Crippen molar-refractivity contribution < 1.29 is 5.11 Å². The minimum Gasteiger partial charge on any atom is -0.385 e. The van der Waals surface area contributed by atoms with E-state index in [0.29, 0.717) is 5.92 Å². The fourth-order valence-corrected chi connectivity index (χ4v) is 3.23. The molecule has 1 saturated carbocycles. The molecule has 2 fully saturated rings. The summed E-state index contributed by atoms with van der Waals surface area (Å²) in [7, 11) is 0. The van der Waals surface area contributed by atoms with Crippen molar-refractivity contribution in [3.05, 3.63) is 12.7 Å². The molecule has 1 aliphatic carbocycles. The predicted molar refractivity (Wildman–Crippen MR) is 67.4 cm³/mol. The van der Waals surface area contributed by atoms with Crippen LogP contribution in [0.25, 0.3) is 0 Å². The highest BCUT2D eigenvalue weighted by atomic mass is 16.3. The normalized spacial score (nSPS) is 37.2. The Labute approximate surface area is 99.3 Å². The molecule has 0 aromatic rings. The van der Waals surface area contributed by atoms with Crippen LogP contribution in [0.4, 0.5) is 0 Å². The zero-order valence-electron chi connectivity index (χ0n) is 10.3. The van der Waals surface area contributed by atoms with Gasteiger partial charge in [0.15, 0.2) is 0 Å². The van der Waals surface area contributed by atoms with E-state index in [9.17, 15) is 5.11 Å². The van der Waals surface area contributed by atoms with E-state index >= 15 is 0 Å². The summed E-state index contributed by atoms with van der Waals surface area (Å²) in [5, 5.41) is 10.4. The summed E-state index contributed by atoms with van der Waals surface area (Å²) >= 11 is 0. The molecule has 2 unspecified atom stereocenters. The number of rotatable bonds is 3. The maximum Gasteiger partial charge on any atom is 0.0865 e. The zero-order valence-corrected chi connectivity index (χ0v) is 10.3. The highest BCUT2D eigenvalue weighted by Crippen LogP contribution is 2.37. The molecule has 0 aromatic heterocycles. The lowest BCUT2D eigenvalue weighted by molar-refractivity contribution is 0.0336. The van der Waals surface area contributed by atoms with Crippen LogP contribution in [0, 0.1) is 5.92 Å². The van der Waals surface area contributed by atoms with Gasteiger partial charge in [-0.05, 0) is 45.2 Å². The van der Waals surface area contributed by atoms with Gasteiger partial charge in [0.2, 0.25) is 0 Å². The van der Waals surface area contributed by atoms with E-state index in [0.717, 1.165) is 19.4 Å². The largest absolute Gasteiger partial charge is 0.385 e. The molecule has 1 aliphatic heterocycles. The van der Waals surface area contributed by atoms with Crippen LogP contribution in [-0.2, 0) is 0 Å². The molecule has 1 heterocycles. The highest BCUT2D eigenvalue weighted by Gasteiger charge is 2.39. The smallest absolute Gasteiger partial charge is 0.0865 e. The van der Waals surface area contributed by atoms with Gasteiger partial charge in [-0.25, -0.2) is 0 Å². The topological polar surface area (TPSA) is 23.5 Å². The second kappa shape index (κ2) is 5.33. The van der Waals surface area contributed by atoms with E-state index in [4.69, 9.17) is 0 Å². The van der Waals surface area contributed by atoms with Crippen LogP contribution < -0.4 is 0 Å². The standard InChI is InChI=1S/C14H25NO/c1-2-14(16)9-7-8-13(14)12-15-10-5-3-4-6-11-15/h2,13,16H,1,3-12H2. The molecule has 2 heteroatoms. The number of nitrogens with zero attached hydrogens (tertiary/aromatic N) is 1. The first-order valence-electron chi connectivity index (χ1n) is 6.83. The molecule has 0 spiro atoms. The summed E-state index contributed by atoms with van der Waals surface area (Å²) in [6.07, 6.45) is 10.4. The SMILES string of the molecule is C=CC1(O)CCCC1CN1CCCCCC1. The number of hydrogen-bond donors (Lipinski definition) is 1. The minimum absolute atomic E-state index is 0.420. The molecule has 0 radical (unpaired) electrons. The van der Waals surface area contributed by atoms with Gasteiger partial charge in [0.05, 0.1) is 5.60 Å². The van der Waals surface area contributed by atoms with Gasteiger partial charge in [-0.2, -0.15) is 0 Å². The van der Waals surface area contributed by atoms with Crippen LogP contribution >= 0.6 is 0 Å². The van der Waals surface area contributed by atoms with Crippen LogP contribution in [0.1, 0.15) is 44.9 Å². The summed E-state index contributed by atoms with van der Waals surface area (Å²) in [5.41, 5.74) is -0.577. The molecule has 0 amide bonds. The molecule has 2 nitrogen and oxygen atoms in total. The zero-order chi connectivity index (χ0) is 11.4. The van der Waals surface area contributed by atoms with E-state index in [1.54, 1.807) is 6.08 Å². The lowest BCUT2D eigenvalue weighted by Crippen LogP contribution is -2.40. The Morgan fingerprint density at radius 3 is 2.50 bits per heavy atom.